The summed E-state index contributed by atoms with van der Waals surface area (Å²) in [4.78, 5) is 15.9. The predicted molar refractivity (Wildman–Crippen MR) is 88.0 cm³/mol. The number of rotatable bonds is 4. The summed E-state index contributed by atoms with van der Waals surface area (Å²) >= 11 is 0. The van der Waals surface area contributed by atoms with E-state index in [2.05, 4.69) is 15.0 Å². The van der Waals surface area contributed by atoms with Crippen LogP contribution in [0.4, 0.5) is 13.2 Å². The number of carbonyl (C=O) groups excluding carboxylic acids is 1. The maximum absolute atomic E-state index is 12.2. The number of hydrogen-bond acceptors (Lipinski definition) is 4. The summed E-state index contributed by atoms with van der Waals surface area (Å²) in [6, 6.07) is 2.99. The van der Waals surface area contributed by atoms with E-state index in [1.54, 1.807) is 0 Å². The lowest BCUT2D eigenvalue weighted by Crippen LogP contribution is -2.40. The molecule has 0 spiro atoms. The maximum Gasteiger partial charge on any atom is 0.422 e. The van der Waals surface area contributed by atoms with Gasteiger partial charge in [0.1, 0.15) is 5.56 Å². The second kappa shape index (κ2) is 9.90. The number of nitrogens with one attached hydrogen (secondary N) is 1. The fourth-order valence-corrected chi connectivity index (χ4v) is 2.36. The van der Waals surface area contributed by atoms with Crippen molar-refractivity contribution in [1.82, 2.24) is 10.3 Å². The van der Waals surface area contributed by atoms with Crippen molar-refractivity contribution in [2.24, 2.45) is 5.73 Å². The van der Waals surface area contributed by atoms with Crippen LogP contribution in [0, 0.1) is 0 Å². The predicted octanol–water partition coefficient (Wildman–Crippen LogP) is 2.87. The topological polar surface area (TPSA) is 77.2 Å². The van der Waals surface area contributed by atoms with Crippen LogP contribution in [0.1, 0.15) is 36.0 Å². The molecule has 5 nitrogen and oxygen atoms in total. The van der Waals surface area contributed by atoms with Crippen LogP contribution in [-0.4, -0.2) is 35.8 Å². The Morgan fingerprint density at radius 3 is 2.50 bits per heavy atom. The zero-order chi connectivity index (χ0) is 16.2. The van der Waals surface area contributed by atoms with Crippen LogP contribution in [0.2, 0.25) is 0 Å². The average Bonchev–Trinajstić information content (AvgIpc) is 2.47. The fraction of sp³-hybridized carbons (Fsp3) is 0.571. The number of amides is 1. The van der Waals surface area contributed by atoms with E-state index in [9.17, 15) is 18.0 Å². The van der Waals surface area contributed by atoms with Crippen molar-refractivity contribution in [2.75, 3.05) is 6.61 Å². The Labute approximate surface area is 150 Å². The zero-order valence-corrected chi connectivity index (χ0v) is 14.3. The van der Waals surface area contributed by atoms with Crippen molar-refractivity contribution in [3.63, 3.8) is 0 Å². The minimum Gasteiger partial charge on any atom is -0.467 e. The first-order valence-corrected chi connectivity index (χ1v) is 7.06. The molecular formula is C14H20Cl2F3N3O2. The van der Waals surface area contributed by atoms with Gasteiger partial charge in [-0.05, 0) is 37.8 Å². The second-order valence-corrected chi connectivity index (χ2v) is 5.35. The van der Waals surface area contributed by atoms with E-state index < -0.39 is 18.7 Å². The van der Waals surface area contributed by atoms with Crippen molar-refractivity contribution in [2.45, 2.75) is 43.9 Å². The van der Waals surface area contributed by atoms with Crippen LogP contribution in [0.5, 0.6) is 5.88 Å². The lowest BCUT2D eigenvalue weighted by atomic mass is 9.91. The SMILES string of the molecule is Cl.Cl.NC1CCC(NC(=O)c2cccnc2OCC(F)(F)F)CC1. The van der Waals surface area contributed by atoms with Gasteiger partial charge in [-0.2, -0.15) is 13.2 Å². The smallest absolute Gasteiger partial charge is 0.422 e. The van der Waals surface area contributed by atoms with Crippen LogP contribution in [-0.2, 0) is 0 Å². The highest BCUT2D eigenvalue weighted by atomic mass is 35.5. The van der Waals surface area contributed by atoms with Crippen LogP contribution in [0.25, 0.3) is 0 Å². The summed E-state index contributed by atoms with van der Waals surface area (Å²) in [7, 11) is 0. The molecule has 138 valence electrons. The summed E-state index contributed by atoms with van der Waals surface area (Å²) in [5.41, 5.74) is 5.80. The van der Waals surface area contributed by atoms with E-state index in [-0.39, 0.29) is 48.3 Å². The van der Waals surface area contributed by atoms with Crippen LogP contribution in [0.3, 0.4) is 0 Å². The summed E-state index contributed by atoms with van der Waals surface area (Å²) in [6.45, 7) is -1.48. The number of alkyl halides is 3. The van der Waals surface area contributed by atoms with Gasteiger partial charge in [0, 0.05) is 18.3 Å². The van der Waals surface area contributed by atoms with Gasteiger partial charge in [0.15, 0.2) is 6.61 Å². The van der Waals surface area contributed by atoms with E-state index >= 15 is 0 Å². The average molecular weight is 390 g/mol. The Morgan fingerprint density at radius 1 is 1.29 bits per heavy atom. The number of nitrogens with zero attached hydrogens (tertiary/aromatic N) is 1. The second-order valence-electron chi connectivity index (χ2n) is 5.35. The molecule has 3 N–H and O–H groups in total. The largest absolute Gasteiger partial charge is 0.467 e. The molecule has 0 saturated heterocycles. The van der Waals surface area contributed by atoms with E-state index in [0.717, 1.165) is 25.7 Å². The summed E-state index contributed by atoms with van der Waals surface area (Å²) < 4.78 is 41.3. The molecule has 0 bridgehead atoms. The van der Waals surface area contributed by atoms with Gasteiger partial charge in [0.25, 0.3) is 5.91 Å². The quantitative estimate of drug-likeness (QED) is 0.829. The Hall–Kier alpha value is -1.25. The minimum atomic E-state index is -4.48. The number of carbonyl (C=O) groups is 1. The van der Waals surface area contributed by atoms with E-state index in [0.29, 0.717) is 0 Å². The molecule has 0 aromatic carbocycles. The molecule has 2 rings (SSSR count). The Kier molecular flexibility index (Phi) is 9.39. The fourth-order valence-electron chi connectivity index (χ4n) is 2.36. The molecule has 1 aromatic rings. The Balaban J connectivity index is 0.00000264. The van der Waals surface area contributed by atoms with Crippen molar-refractivity contribution >= 4 is 30.7 Å². The Bertz CT molecular complexity index is 524. The third kappa shape index (κ3) is 7.11. The van der Waals surface area contributed by atoms with Crippen molar-refractivity contribution < 1.29 is 22.7 Å². The van der Waals surface area contributed by atoms with Crippen LogP contribution in [0.15, 0.2) is 18.3 Å². The van der Waals surface area contributed by atoms with Gasteiger partial charge in [-0.25, -0.2) is 4.98 Å². The number of nitrogens with two attached hydrogens (primary N) is 1. The van der Waals surface area contributed by atoms with Gasteiger partial charge in [-0.1, -0.05) is 0 Å². The molecule has 0 radical (unpaired) electrons. The molecule has 0 unspecified atom stereocenters. The summed E-state index contributed by atoms with van der Waals surface area (Å²) in [5, 5.41) is 2.80. The zero-order valence-electron chi connectivity index (χ0n) is 12.7. The normalized spacial score (nSPS) is 20.3. The van der Waals surface area contributed by atoms with Gasteiger partial charge < -0.3 is 15.8 Å². The van der Waals surface area contributed by atoms with Crippen molar-refractivity contribution in [3.8, 4) is 5.88 Å². The first kappa shape index (κ1) is 22.8. The Morgan fingerprint density at radius 2 is 1.92 bits per heavy atom. The molecule has 1 aliphatic rings. The highest BCUT2D eigenvalue weighted by molar-refractivity contribution is 5.96. The van der Waals surface area contributed by atoms with E-state index in [1.807, 2.05) is 0 Å². The minimum absolute atomic E-state index is 0. The first-order chi connectivity index (χ1) is 10.3. The molecule has 24 heavy (non-hydrogen) atoms. The number of halogens is 5. The summed E-state index contributed by atoms with van der Waals surface area (Å²) in [5.74, 6) is -0.796. The lowest BCUT2D eigenvalue weighted by Gasteiger charge is -2.27. The number of hydrogen-bond donors (Lipinski definition) is 2. The third-order valence-corrected chi connectivity index (χ3v) is 3.50. The first-order valence-electron chi connectivity index (χ1n) is 7.06. The molecular weight excluding hydrogens is 370 g/mol. The van der Waals surface area contributed by atoms with Gasteiger partial charge >= 0.3 is 6.18 Å². The van der Waals surface area contributed by atoms with Crippen LogP contribution < -0.4 is 15.8 Å². The molecule has 1 heterocycles. The van der Waals surface area contributed by atoms with Gasteiger partial charge in [-0.15, -0.1) is 24.8 Å². The van der Waals surface area contributed by atoms with Gasteiger partial charge in [0.2, 0.25) is 5.88 Å². The monoisotopic (exact) mass is 389 g/mol. The van der Waals surface area contributed by atoms with E-state index in [1.165, 1.54) is 18.3 Å². The lowest BCUT2D eigenvalue weighted by molar-refractivity contribution is -0.154. The molecule has 10 heteroatoms. The number of aromatic nitrogens is 1. The highest BCUT2D eigenvalue weighted by Crippen LogP contribution is 2.21. The van der Waals surface area contributed by atoms with Gasteiger partial charge in [0.05, 0.1) is 0 Å². The number of ether oxygens (including phenoxy) is 1. The molecule has 1 fully saturated rings. The molecule has 0 atom stereocenters. The molecule has 1 aromatic heterocycles. The molecule has 1 aliphatic carbocycles. The van der Waals surface area contributed by atoms with E-state index in [4.69, 9.17) is 5.73 Å². The van der Waals surface area contributed by atoms with Crippen molar-refractivity contribution in [1.29, 1.82) is 0 Å². The van der Waals surface area contributed by atoms with Crippen molar-refractivity contribution in [3.05, 3.63) is 23.9 Å². The molecule has 1 amide bonds. The molecule has 0 aliphatic heterocycles. The highest BCUT2D eigenvalue weighted by Gasteiger charge is 2.30. The molecule has 1 saturated carbocycles. The van der Waals surface area contributed by atoms with Gasteiger partial charge in [-0.3, -0.25) is 4.79 Å². The number of pyridine rings is 1. The standard InChI is InChI=1S/C14H18F3N3O2.2ClH/c15-14(16,17)8-22-13-11(2-1-7-19-13)12(21)20-10-5-3-9(18)4-6-10;;/h1-2,7,9-10H,3-6,8,18H2,(H,20,21);2*1H. The maximum atomic E-state index is 12.2. The third-order valence-electron chi connectivity index (χ3n) is 3.50. The summed E-state index contributed by atoms with van der Waals surface area (Å²) in [6.07, 6.45) is -0.0600. The van der Waals surface area contributed by atoms with Crippen LogP contribution >= 0.6 is 24.8 Å².